The minimum atomic E-state index is -1.02. The van der Waals surface area contributed by atoms with Gasteiger partial charge in [0.1, 0.15) is 22.3 Å². The number of fused-ring (bicyclic) bond motifs is 1. The lowest BCUT2D eigenvalue weighted by Gasteiger charge is -2.27. The van der Waals surface area contributed by atoms with Gasteiger partial charge in [-0.2, -0.15) is 0 Å². The van der Waals surface area contributed by atoms with Crippen molar-refractivity contribution in [1.29, 1.82) is 0 Å². The summed E-state index contributed by atoms with van der Waals surface area (Å²) in [5.41, 5.74) is 2.45. The van der Waals surface area contributed by atoms with Crippen LogP contribution in [-0.4, -0.2) is 34.7 Å². The Morgan fingerprint density at radius 2 is 2.12 bits per heavy atom. The Morgan fingerprint density at radius 1 is 1.38 bits per heavy atom. The summed E-state index contributed by atoms with van der Waals surface area (Å²) in [6, 6.07) is 9.53. The summed E-state index contributed by atoms with van der Waals surface area (Å²) in [6.45, 7) is 1.87. The van der Waals surface area contributed by atoms with Crippen molar-refractivity contribution in [2.45, 2.75) is 25.1 Å². The number of carboxylic acid groups (broad SMARTS) is 1. The third-order valence-electron chi connectivity index (χ3n) is 4.19. The average Bonchev–Trinajstić information content (AvgIpc) is 2.94. The van der Waals surface area contributed by atoms with Gasteiger partial charge in [0, 0.05) is 7.05 Å². The summed E-state index contributed by atoms with van der Waals surface area (Å²) in [6.07, 6.45) is 0.980. The summed E-state index contributed by atoms with van der Waals surface area (Å²) in [7, 11) is 1.72. The van der Waals surface area contributed by atoms with E-state index in [0.717, 1.165) is 17.7 Å². The van der Waals surface area contributed by atoms with Crippen molar-refractivity contribution >= 4 is 23.6 Å². The first-order valence-corrected chi connectivity index (χ1v) is 8.79. The van der Waals surface area contributed by atoms with Crippen LogP contribution in [0.5, 0.6) is 0 Å². The topological polar surface area (TPSA) is 70.8 Å². The molecule has 0 bridgehead atoms. The molecule has 24 heavy (non-hydrogen) atoms. The van der Waals surface area contributed by atoms with E-state index >= 15 is 0 Å². The molecule has 1 atom stereocenters. The van der Waals surface area contributed by atoms with Crippen molar-refractivity contribution < 1.29 is 19.1 Å². The molecule has 126 valence electrons. The Balaban J connectivity index is 1.76. The van der Waals surface area contributed by atoms with E-state index in [9.17, 15) is 9.59 Å². The first-order valence-electron chi connectivity index (χ1n) is 7.74. The number of hydrogen-bond donors (Lipinski definition) is 1. The van der Waals surface area contributed by atoms with E-state index in [0.29, 0.717) is 11.5 Å². The highest BCUT2D eigenvalue weighted by Crippen LogP contribution is 2.38. The molecule has 2 aromatic rings. The summed E-state index contributed by atoms with van der Waals surface area (Å²) in [4.78, 5) is 25.5. The van der Waals surface area contributed by atoms with E-state index in [-0.39, 0.29) is 23.3 Å². The quantitative estimate of drug-likeness (QED) is 0.921. The monoisotopic (exact) mass is 345 g/mol. The van der Waals surface area contributed by atoms with Crippen molar-refractivity contribution in [2.75, 3.05) is 12.8 Å². The fraction of sp³-hybridized carbons (Fsp3) is 0.333. The Kier molecular flexibility index (Phi) is 4.66. The van der Waals surface area contributed by atoms with Crippen LogP contribution >= 0.6 is 11.8 Å². The van der Waals surface area contributed by atoms with Crippen molar-refractivity contribution in [3.05, 3.63) is 58.5 Å². The Labute approximate surface area is 144 Å². The number of likely N-dealkylation sites (N-methyl/N-ethyl adjacent to an activating group) is 1. The molecule has 2 heterocycles. The van der Waals surface area contributed by atoms with Crippen LogP contribution in [-0.2, 0) is 17.8 Å². The highest BCUT2D eigenvalue weighted by molar-refractivity contribution is 8.00. The largest absolute Gasteiger partial charge is 0.478 e. The second-order valence-electron chi connectivity index (χ2n) is 5.88. The first kappa shape index (κ1) is 16.6. The molecule has 0 spiro atoms. The zero-order valence-electron chi connectivity index (χ0n) is 13.6. The van der Waals surface area contributed by atoms with E-state index in [1.165, 1.54) is 11.6 Å². The van der Waals surface area contributed by atoms with Gasteiger partial charge in [0.25, 0.3) is 0 Å². The molecule has 0 radical (unpaired) electrons. The maximum absolute atomic E-state index is 12.8. The number of hydrogen-bond acceptors (Lipinski definition) is 4. The lowest BCUT2D eigenvalue weighted by molar-refractivity contribution is -0.130. The molecule has 0 unspecified atom stereocenters. The fourth-order valence-corrected chi connectivity index (χ4v) is 4.25. The van der Waals surface area contributed by atoms with Crippen LogP contribution in [0, 0.1) is 6.92 Å². The Bertz CT molecular complexity index is 783. The smallest absolute Gasteiger partial charge is 0.339 e. The van der Waals surface area contributed by atoms with Gasteiger partial charge >= 0.3 is 5.97 Å². The maximum atomic E-state index is 12.8. The summed E-state index contributed by atoms with van der Waals surface area (Å²) in [5.74, 6) is 0.751. The first-order chi connectivity index (χ1) is 11.5. The SMILES string of the molecule is Cc1oc(CN(C)C(=O)[C@@H]2SCCc3ccccc32)cc1C(=O)O. The van der Waals surface area contributed by atoms with Crippen molar-refractivity contribution in [1.82, 2.24) is 4.90 Å². The standard InChI is InChI=1S/C18H19NO4S/c1-11-15(18(21)22)9-13(23-11)10-19(2)17(20)16-14-6-4-3-5-12(14)7-8-24-16/h3-6,9,16H,7-8,10H2,1-2H3,(H,21,22)/t16-/m1/s1. The summed E-state index contributed by atoms with van der Waals surface area (Å²) < 4.78 is 5.47. The number of carboxylic acids is 1. The molecular formula is C18H19NO4S. The lowest BCUT2D eigenvalue weighted by Crippen LogP contribution is -2.31. The number of amides is 1. The number of nitrogens with zero attached hydrogens (tertiary/aromatic N) is 1. The highest BCUT2D eigenvalue weighted by Gasteiger charge is 2.29. The maximum Gasteiger partial charge on any atom is 0.339 e. The Hall–Kier alpha value is -2.21. The van der Waals surface area contributed by atoms with Gasteiger partial charge in [0.15, 0.2) is 0 Å². The van der Waals surface area contributed by atoms with E-state index < -0.39 is 5.97 Å². The number of carbonyl (C=O) groups excluding carboxylic acids is 1. The number of furan rings is 1. The van der Waals surface area contributed by atoms with Crippen molar-refractivity contribution in [3.63, 3.8) is 0 Å². The van der Waals surface area contributed by atoms with Gasteiger partial charge in [0.05, 0.1) is 6.54 Å². The second-order valence-corrected chi connectivity index (χ2v) is 7.09. The van der Waals surface area contributed by atoms with E-state index in [1.54, 1.807) is 30.6 Å². The number of aryl methyl sites for hydroxylation is 2. The fourth-order valence-electron chi connectivity index (χ4n) is 2.94. The van der Waals surface area contributed by atoms with Gasteiger partial charge in [-0.1, -0.05) is 24.3 Å². The van der Waals surface area contributed by atoms with Gasteiger partial charge < -0.3 is 14.4 Å². The molecule has 1 amide bonds. The van der Waals surface area contributed by atoms with Gasteiger partial charge in [-0.15, -0.1) is 11.8 Å². The van der Waals surface area contributed by atoms with E-state index in [4.69, 9.17) is 9.52 Å². The molecule has 1 aromatic carbocycles. The van der Waals surface area contributed by atoms with Crippen molar-refractivity contribution in [3.8, 4) is 0 Å². The number of benzene rings is 1. The van der Waals surface area contributed by atoms with Gasteiger partial charge in [-0.05, 0) is 36.3 Å². The third-order valence-corrected chi connectivity index (χ3v) is 5.41. The van der Waals surface area contributed by atoms with E-state index in [2.05, 4.69) is 6.07 Å². The molecule has 1 aliphatic rings. The highest BCUT2D eigenvalue weighted by atomic mass is 32.2. The lowest BCUT2D eigenvalue weighted by atomic mass is 10.0. The normalized spacial score (nSPS) is 16.5. The zero-order chi connectivity index (χ0) is 17.3. The molecule has 5 nitrogen and oxygen atoms in total. The van der Waals surface area contributed by atoms with Crippen LogP contribution in [0.3, 0.4) is 0 Å². The van der Waals surface area contributed by atoms with Gasteiger partial charge in [-0.25, -0.2) is 4.79 Å². The predicted octanol–water partition coefficient (Wildman–Crippen LogP) is 3.28. The molecular weight excluding hydrogens is 326 g/mol. The summed E-state index contributed by atoms with van der Waals surface area (Å²) >= 11 is 1.65. The molecule has 3 rings (SSSR count). The molecule has 6 heteroatoms. The predicted molar refractivity (Wildman–Crippen MR) is 92.2 cm³/mol. The third kappa shape index (κ3) is 3.19. The van der Waals surface area contributed by atoms with Crippen LogP contribution in [0.1, 0.15) is 38.3 Å². The Morgan fingerprint density at radius 3 is 2.83 bits per heavy atom. The van der Waals surface area contributed by atoms with E-state index in [1.807, 2.05) is 18.2 Å². The number of thioether (sulfide) groups is 1. The molecule has 1 aromatic heterocycles. The summed E-state index contributed by atoms with van der Waals surface area (Å²) in [5, 5.41) is 8.88. The molecule has 1 aliphatic heterocycles. The second kappa shape index (κ2) is 6.73. The molecule has 0 saturated heterocycles. The number of aromatic carboxylic acids is 1. The van der Waals surface area contributed by atoms with Crippen LogP contribution in [0.25, 0.3) is 0 Å². The molecule has 0 fully saturated rings. The number of rotatable bonds is 4. The molecule has 1 N–H and O–H groups in total. The molecule has 0 saturated carbocycles. The zero-order valence-corrected chi connectivity index (χ0v) is 14.4. The van der Waals surface area contributed by atoms with Crippen molar-refractivity contribution in [2.24, 2.45) is 0 Å². The molecule has 0 aliphatic carbocycles. The van der Waals surface area contributed by atoms with Crippen LogP contribution < -0.4 is 0 Å². The average molecular weight is 345 g/mol. The van der Waals surface area contributed by atoms with Crippen LogP contribution in [0.2, 0.25) is 0 Å². The van der Waals surface area contributed by atoms with Gasteiger partial charge in [-0.3, -0.25) is 4.79 Å². The minimum Gasteiger partial charge on any atom is -0.478 e. The number of carbonyl (C=O) groups is 2. The van der Waals surface area contributed by atoms with Crippen LogP contribution in [0.15, 0.2) is 34.7 Å². The van der Waals surface area contributed by atoms with Crippen LogP contribution in [0.4, 0.5) is 0 Å². The minimum absolute atomic E-state index is 0.0121. The van der Waals surface area contributed by atoms with Gasteiger partial charge in [0.2, 0.25) is 5.91 Å².